The molecule has 1 heterocycles. The zero-order valence-corrected chi connectivity index (χ0v) is 12.0. The molecule has 0 aromatic carbocycles. The van der Waals surface area contributed by atoms with E-state index in [1.54, 1.807) is 11.3 Å². The molecule has 96 valence electrons. The van der Waals surface area contributed by atoms with Crippen molar-refractivity contribution < 1.29 is 9.53 Å². The molecule has 0 radical (unpaired) electrons. The monoisotopic (exact) mass is 255 g/mol. The Balaban J connectivity index is 3.06. The van der Waals surface area contributed by atoms with Crippen LogP contribution >= 0.6 is 11.3 Å². The molecule has 1 aromatic heterocycles. The number of thiophene rings is 1. The van der Waals surface area contributed by atoms with Crippen molar-refractivity contribution in [3.63, 3.8) is 0 Å². The van der Waals surface area contributed by atoms with Crippen molar-refractivity contribution in [2.45, 2.75) is 19.9 Å². The SMILES string of the molecule is COC(=O)C(C(C)C)C(c1cccs1)N(C)C. The Morgan fingerprint density at radius 1 is 1.41 bits per heavy atom. The molecule has 4 heteroatoms. The summed E-state index contributed by atoms with van der Waals surface area (Å²) >= 11 is 1.68. The van der Waals surface area contributed by atoms with E-state index in [0.717, 1.165) is 0 Å². The zero-order chi connectivity index (χ0) is 13.0. The third-order valence-corrected chi connectivity index (χ3v) is 3.87. The second-order valence-corrected chi connectivity index (χ2v) is 5.70. The fourth-order valence-corrected chi connectivity index (χ4v) is 3.08. The molecular formula is C13H21NO2S. The average Bonchev–Trinajstić information content (AvgIpc) is 2.76. The summed E-state index contributed by atoms with van der Waals surface area (Å²) in [6.45, 7) is 4.12. The minimum Gasteiger partial charge on any atom is -0.469 e. The van der Waals surface area contributed by atoms with E-state index in [-0.39, 0.29) is 23.8 Å². The van der Waals surface area contributed by atoms with Gasteiger partial charge in [0.05, 0.1) is 19.1 Å². The van der Waals surface area contributed by atoms with E-state index >= 15 is 0 Å². The molecule has 0 aliphatic rings. The predicted octanol–water partition coefficient (Wildman–Crippen LogP) is 2.80. The highest BCUT2D eigenvalue weighted by Crippen LogP contribution is 2.35. The lowest BCUT2D eigenvalue weighted by Gasteiger charge is -2.32. The summed E-state index contributed by atoms with van der Waals surface area (Å²) in [6, 6.07) is 4.18. The van der Waals surface area contributed by atoms with Gasteiger partial charge in [0, 0.05) is 4.88 Å². The van der Waals surface area contributed by atoms with E-state index in [9.17, 15) is 4.79 Å². The number of esters is 1. The lowest BCUT2D eigenvalue weighted by atomic mass is 9.87. The zero-order valence-electron chi connectivity index (χ0n) is 11.1. The van der Waals surface area contributed by atoms with Gasteiger partial charge in [0.2, 0.25) is 0 Å². The van der Waals surface area contributed by atoms with Crippen LogP contribution in [0.5, 0.6) is 0 Å². The molecule has 0 saturated heterocycles. The largest absolute Gasteiger partial charge is 0.469 e. The molecule has 0 spiro atoms. The molecule has 17 heavy (non-hydrogen) atoms. The smallest absolute Gasteiger partial charge is 0.310 e. The number of hydrogen-bond acceptors (Lipinski definition) is 4. The summed E-state index contributed by atoms with van der Waals surface area (Å²) in [5.74, 6) is -0.0160. The van der Waals surface area contributed by atoms with Crippen molar-refractivity contribution in [2.24, 2.45) is 11.8 Å². The predicted molar refractivity (Wildman–Crippen MR) is 71.1 cm³/mol. The van der Waals surface area contributed by atoms with Crippen LogP contribution in [0.1, 0.15) is 24.8 Å². The van der Waals surface area contributed by atoms with E-state index < -0.39 is 0 Å². The topological polar surface area (TPSA) is 29.5 Å². The van der Waals surface area contributed by atoms with E-state index in [1.807, 2.05) is 25.5 Å². The highest BCUT2D eigenvalue weighted by Gasteiger charge is 2.35. The summed E-state index contributed by atoms with van der Waals surface area (Å²) in [7, 11) is 5.46. The summed E-state index contributed by atoms with van der Waals surface area (Å²) < 4.78 is 4.94. The van der Waals surface area contributed by atoms with Gasteiger partial charge < -0.3 is 9.64 Å². The molecule has 0 aliphatic heterocycles. The van der Waals surface area contributed by atoms with Gasteiger partial charge in [0.25, 0.3) is 0 Å². The molecule has 2 atom stereocenters. The number of ether oxygens (including phenoxy) is 1. The normalized spacial score (nSPS) is 15.0. The lowest BCUT2D eigenvalue weighted by Crippen LogP contribution is -2.35. The fourth-order valence-electron chi connectivity index (χ4n) is 2.11. The van der Waals surface area contributed by atoms with Crippen LogP contribution in [0, 0.1) is 11.8 Å². The van der Waals surface area contributed by atoms with Crippen molar-refractivity contribution in [1.29, 1.82) is 0 Å². The van der Waals surface area contributed by atoms with E-state index in [1.165, 1.54) is 12.0 Å². The van der Waals surface area contributed by atoms with Gasteiger partial charge in [0.15, 0.2) is 0 Å². The molecule has 0 aliphatic carbocycles. The highest BCUT2D eigenvalue weighted by molar-refractivity contribution is 7.10. The van der Waals surface area contributed by atoms with Gasteiger partial charge in [-0.3, -0.25) is 4.79 Å². The van der Waals surface area contributed by atoms with Gasteiger partial charge in [-0.25, -0.2) is 0 Å². The van der Waals surface area contributed by atoms with E-state index in [2.05, 4.69) is 24.8 Å². The molecule has 1 rings (SSSR count). The average molecular weight is 255 g/mol. The fraction of sp³-hybridized carbons (Fsp3) is 0.615. The molecule has 0 fully saturated rings. The summed E-state index contributed by atoms with van der Waals surface area (Å²) in [5.41, 5.74) is 0. The Hall–Kier alpha value is -0.870. The van der Waals surface area contributed by atoms with Crippen LogP contribution in [0.15, 0.2) is 17.5 Å². The molecular weight excluding hydrogens is 234 g/mol. The number of methoxy groups -OCH3 is 1. The van der Waals surface area contributed by atoms with Crippen LogP contribution in [-0.2, 0) is 9.53 Å². The highest BCUT2D eigenvalue weighted by atomic mass is 32.1. The third-order valence-electron chi connectivity index (χ3n) is 2.92. The quantitative estimate of drug-likeness (QED) is 0.758. The first-order valence-corrected chi connectivity index (χ1v) is 6.64. The number of carbonyl (C=O) groups excluding carboxylic acids is 1. The van der Waals surface area contributed by atoms with Crippen LogP contribution in [0.2, 0.25) is 0 Å². The Labute approximate surface area is 107 Å². The van der Waals surface area contributed by atoms with Crippen LogP contribution < -0.4 is 0 Å². The van der Waals surface area contributed by atoms with Gasteiger partial charge in [-0.15, -0.1) is 11.3 Å². The summed E-state index contributed by atoms with van der Waals surface area (Å²) in [4.78, 5) is 15.2. The molecule has 1 aromatic rings. The van der Waals surface area contributed by atoms with Crippen LogP contribution in [0.3, 0.4) is 0 Å². The molecule has 0 N–H and O–H groups in total. The second-order valence-electron chi connectivity index (χ2n) is 4.72. The van der Waals surface area contributed by atoms with Crippen molar-refractivity contribution in [3.8, 4) is 0 Å². The van der Waals surface area contributed by atoms with Gasteiger partial charge in [-0.1, -0.05) is 19.9 Å². The first-order chi connectivity index (χ1) is 7.99. The molecule has 0 amide bonds. The van der Waals surface area contributed by atoms with Crippen molar-refractivity contribution in [3.05, 3.63) is 22.4 Å². The van der Waals surface area contributed by atoms with Crippen molar-refractivity contribution in [1.82, 2.24) is 4.90 Å². The molecule has 0 saturated carbocycles. The summed E-state index contributed by atoms with van der Waals surface area (Å²) in [6.07, 6.45) is 0. The molecule has 0 bridgehead atoms. The first-order valence-electron chi connectivity index (χ1n) is 5.76. The Kier molecular flexibility index (Phi) is 5.15. The molecule has 2 unspecified atom stereocenters. The number of carbonyl (C=O) groups is 1. The Morgan fingerprint density at radius 3 is 2.41 bits per heavy atom. The lowest BCUT2D eigenvalue weighted by molar-refractivity contribution is -0.149. The maximum atomic E-state index is 12.0. The first kappa shape index (κ1) is 14.2. The second kappa shape index (κ2) is 6.17. The number of hydrogen-bond donors (Lipinski definition) is 0. The van der Waals surface area contributed by atoms with Gasteiger partial charge in [-0.05, 0) is 31.5 Å². The minimum absolute atomic E-state index is 0.0856. The summed E-state index contributed by atoms with van der Waals surface area (Å²) in [5, 5.41) is 2.04. The maximum Gasteiger partial charge on any atom is 0.310 e. The van der Waals surface area contributed by atoms with Gasteiger partial charge in [-0.2, -0.15) is 0 Å². The van der Waals surface area contributed by atoms with Crippen molar-refractivity contribution in [2.75, 3.05) is 21.2 Å². The van der Waals surface area contributed by atoms with E-state index in [4.69, 9.17) is 4.74 Å². The van der Waals surface area contributed by atoms with Crippen molar-refractivity contribution >= 4 is 17.3 Å². The Bertz CT molecular complexity index is 346. The van der Waals surface area contributed by atoms with Gasteiger partial charge in [0.1, 0.15) is 0 Å². The molecule has 3 nitrogen and oxygen atoms in total. The van der Waals surface area contributed by atoms with Gasteiger partial charge >= 0.3 is 5.97 Å². The standard InChI is InChI=1S/C13H21NO2S/c1-9(2)11(13(15)16-5)12(14(3)4)10-7-6-8-17-10/h6-9,11-12H,1-5H3. The maximum absolute atomic E-state index is 12.0. The van der Waals surface area contributed by atoms with Crippen LogP contribution in [0.25, 0.3) is 0 Å². The Morgan fingerprint density at radius 2 is 2.06 bits per heavy atom. The van der Waals surface area contributed by atoms with Crippen LogP contribution in [0.4, 0.5) is 0 Å². The minimum atomic E-state index is -0.132. The van der Waals surface area contributed by atoms with E-state index in [0.29, 0.717) is 0 Å². The van der Waals surface area contributed by atoms with Crippen LogP contribution in [-0.4, -0.2) is 32.1 Å². The number of nitrogens with zero attached hydrogens (tertiary/aromatic N) is 1. The number of rotatable bonds is 5. The third kappa shape index (κ3) is 3.30.